The number of hydrogen-bond donors (Lipinski definition) is 1. The highest BCUT2D eigenvalue weighted by Crippen LogP contribution is 2.54. The van der Waals surface area contributed by atoms with E-state index in [9.17, 15) is 4.21 Å². The first kappa shape index (κ1) is 4.79. The molecule has 0 aromatic carbocycles. The van der Waals surface area contributed by atoms with Gasteiger partial charge in [-0.05, 0) is 18.3 Å². The van der Waals surface area contributed by atoms with Gasteiger partial charge >= 0.3 is 0 Å². The fourth-order valence-electron chi connectivity index (χ4n) is 1.41. The van der Waals surface area contributed by atoms with E-state index in [2.05, 4.69) is 0 Å². The van der Waals surface area contributed by atoms with Gasteiger partial charge in [-0.2, -0.15) is 0 Å². The summed E-state index contributed by atoms with van der Waals surface area (Å²) in [5.74, 6) is 1.42. The standard InChI is InChI=1S/C5H9NOS/c6-8(7)3-5(4-8)1-2-5/h6H,1-4H2. The summed E-state index contributed by atoms with van der Waals surface area (Å²) in [5.41, 5.74) is 0.443. The molecule has 2 fully saturated rings. The highest BCUT2D eigenvalue weighted by atomic mass is 32.2. The van der Waals surface area contributed by atoms with Crippen molar-refractivity contribution in [2.75, 3.05) is 11.5 Å². The van der Waals surface area contributed by atoms with Crippen LogP contribution in [0.2, 0.25) is 0 Å². The lowest BCUT2D eigenvalue weighted by Crippen LogP contribution is -2.36. The lowest BCUT2D eigenvalue weighted by atomic mass is 10.2. The van der Waals surface area contributed by atoms with E-state index in [0.717, 1.165) is 0 Å². The van der Waals surface area contributed by atoms with Gasteiger partial charge in [0.25, 0.3) is 0 Å². The molecule has 2 rings (SSSR count). The molecule has 1 aliphatic carbocycles. The fourth-order valence-corrected chi connectivity index (χ4v) is 3.88. The maximum Gasteiger partial charge on any atom is 0.0453 e. The normalized spacial score (nSPS) is 36.5. The summed E-state index contributed by atoms with van der Waals surface area (Å²) in [6.07, 6.45) is 2.48. The third kappa shape index (κ3) is 0.507. The van der Waals surface area contributed by atoms with Crippen molar-refractivity contribution in [3.05, 3.63) is 0 Å². The Labute approximate surface area is 49.3 Å². The lowest BCUT2D eigenvalue weighted by molar-refractivity contribution is 0.568. The molecule has 0 bridgehead atoms. The zero-order valence-corrected chi connectivity index (χ0v) is 5.46. The summed E-state index contributed by atoms with van der Waals surface area (Å²) in [6.45, 7) is 0. The third-order valence-corrected chi connectivity index (χ3v) is 4.19. The Bertz CT molecular complexity index is 199. The quantitative estimate of drug-likeness (QED) is 0.519. The van der Waals surface area contributed by atoms with Gasteiger partial charge in [-0.1, -0.05) is 0 Å². The van der Waals surface area contributed by atoms with Crippen LogP contribution < -0.4 is 0 Å². The van der Waals surface area contributed by atoms with E-state index in [4.69, 9.17) is 4.78 Å². The first-order valence-electron chi connectivity index (χ1n) is 2.86. The first-order valence-corrected chi connectivity index (χ1v) is 4.76. The van der Waals surface area contributed by atoms with E-state index in [1.807, 2.05) is 0 Å². The van der Waals surface area contributed by atoms with Gasteiger partial charge in [0.2, 0.25) is 0 Å². The maximum atomic E-state index is 10.8. The van der Waals surface area contributed by atoms with Crippen LogP contribution >= 0.6 is 0 Å². The Morgan fingerprint density at radius 2 is 1.88 bits per heavy atom. The minimum absolute atomic E-state index is 0.443. The number of nitrogens with one attached hydrogen (secondary N) is 1. The number of hydrogen-bond acceptors (Lipinski definition) is 2. The lowest BCUT2D eigenvalue weighted by Gasteiger charge is -2.27. The van der Waals surface area contributed by atoms with Gasteiger partial charge in [-0.3, -0.25) is 4.78 Å². The second kappa shape index (κ2) is 0.967. The van der Waals surface area contributed by atoms with Crippen LogP contribution in [0.5, 0.6) is 0 Å². The first-order chi connectivity index (χ1) is 3.62. The molecule has 0 aromatic heterocycles. The van der Waals surface area contributed by atoms with Crippen molar-refractivity contribution in [1.82, 2.24) is 0 Å². The van der Waals surface area contributed by atoms with Crippen LogP contribution in [-0.2, 0) is 9.73 Å². The Hall–Kier alpha value is -0.0500. The van der Waals surface area contributed by atoms with Gasteiger partial charge in [0, 0.05) is 21.2 Å². The fraction of sp³-hybridized carbons (Fsp3) is 1.00. The molecule has 1 aliphatic heterocycles. The summed E-state index contributed by atoms with van der Waals surface area (Å²) in [6, 6.07) is 0. The molecule has 0 aromatic rings. The predicted molar refractivity (Wildman–Crippen MR) is 32.3 cm³/mol. The van der Waals surface area contributed by atoms with E-state index in [-0.39, 0.29) is 0 Å². The second-order valence-electron chi connectivity index (χ2n) is 3.10. The molecule has 0 atom stereocenters. The second-order valence-corrected chi connectivity index (χ2v) is 5.30. The van der Waals surface area contributed by atoms with Crippen LogP contribution in [0, 0.1) is 10.2 Å². The van der Waals surface area contributed by atoms with Gasteiger partial charge < -0.3 is 0 Å². The molecule has 1 saturated heterocycles. The molecule has 8 heavy (non-hydrogen) atoms. The minimum Gasteiger partial charge on any atom is -0.253 e. The molecule has 1 heterocycles. The van der Waals surface area contributed by atoms with Crippen LogP contribution in [-0.4, -0.2) is 15.7 Å². The molecule has 2 nitrogen and oxygen atoms in total. The molecule has 2 aliphatic rings. The van der Waals surface area contributed by atoms with E-state index >= 15 is 0 Å². The highest BCUT2D eigenvalue weighted by molar-refractivity contribution is 7.93. The molecule has 1 N–H and O–H groups in total. The van der Waals surface area contributed by atoms with Gasteiger partial charge in [0.1, 0.15) is 0 Å². The molecular weight excluding hydrogens is 122 g/mol. The van der Waals surface area contributed by atoms with Crippen LogP contribution in [0.15, 0.2) is 0 Å². The topological polar surface area (TPSA) is 40.9 Å². The molecular formula is C5H9NOS. The van der Waals surface area contributed by atoms with E-state index in [1.165, 1.54) is 12.8 Å². The molecule has 1 saturated carbocycles. The zero-order valence-electron chi connectivity index (χ0n) is 4.64. The van der Waals surface area contributed by atoms with Crippen LogP contribution in [0.3, 0.4) is 0 Å². The van der Waals surface area contributed by atoms with Crippen molar-refractivity contribution in [2.24, 2.45) is 5.41 Å². The largest absolute Gasteiger partial charge is 0.253 e. The summed E-state index contributed by atoms with van der Waals surface area (Å²) in [4.78, 5) is 0. The van der Waals surface area contributed by atoms with E-state index < -0.39 is 9.73 Å². The van der Waals surface area contributed by atoms with Crippen LogP contribution in [0.1, 0.15) is 12.8 Å². The molecule has 3 heteroatoms. The third-order valence-electron chi connectivity index (χ3n) is 2.04. The maximum absolute atomic E-state index is 10.8. The molecule has 0 radical (unpaired) electrons. The van der Waals surface area contributed by atoms with Crippen molar-refractivity contribution in [2.45, 2.75) is 12.8 Å². The smallest absolute Gasteiger partial charge is 0.0453 e. The van der Waals surface area contributed by atoms with Crippen molar-refractivity contribution in [3.8, 4) is 0 Å². The van der Waals surface area contributed by atoms with Crippen LogP contribution in [0.25, 0.3) is 0 Å². The molecule has 1 spiro atoms. The summed E-state index contributed by atoms with van der Waals surface area (Å²) in [5, 5.41) is 0. The summed E-state index contributed by atoms with van der Waals surface area (Å²) < 4.78 is 17.9. The Balaban J connectivity index is 2.21. The highest BCUT2D eigenvalue weighted by Gasteiger charge is 2.54. The molecule has 0 unspecified atom stereocenters. The van der Waals surface area contributed by atoms with E-state index in [1.54, 1.807) is 0 Å². The zero-order chi connectivity index (χ0) is 5.83. The van der Waals surface area contributed by atoms with Gasteiger partial charge in [0.15, 0.2) is 0 Å². The molecule has 0 amide bonds. The summed E-state index contributed by atoms with van der Waals surface area (Å²) >= 11 is 0. The Morgan fingerprint density at radius 3 is 2.00 bits per heavy atom. The molecule has 46 valence electrons. The average molecular weight is 131 g/mol. The predicted octanol–water partition coefficient (Wildman–Crippen LogP) is 0.827. The summed E-state index contributed by atoms with van der Waals surface area (Å²) in [7, 11) is -2.03. The Kier molecular flexibility index (Phi) is 0.580. The monoisotopic (exact) mass is 131 g/mol. The van der Waals surface area contributed by atoms with Gasteiger partial charge in [0.05, 0.1) is 0 Å². The SMILES string of the molecule is N=S1(=O)CC2(CC2)C1. The van der Waals surface area contributed by atoms with Crippen molar-refractivity contribution in [3.63, 3.8) is 0 Å². The Morgan fingerprint density at radius 1 is 1.38 bits per heavy atom. The van der Waals surface area contributed by atoms with E-state index in [0.29, 0.717) is 16.9 Å². The van der Waals surface area contributed by atoms with Gasteiger partial charge in [-0.15, -0.1) is 0 Å². The van der Waals surface area contributed by atoms with Gasteiger partial charge in [-0.25, -0.2) is 4.21 Å². The number of rotatable bonds is 0. The van der Waals surface area contributed by atoms with Crippen LogP contribution in [0.4, 0.5) is 0 Å². The average Bonchev–Trinajstić information content (AvgIpc) is 2.12. The van der Waals surface area contributed by atoms with Crippen molar-refractivity contribution < 1.29 is 4.21 Å². The van der Waals surface area contributed by atoms with Crippen molar-refractivity contribution in [1.29, 1.82) is 4.78 Å². The van der Waals surface area contributed by atoms with Crippen molar-refractivity contribution >= 4 is 9.73 Å². The minimum atomic E-state index is -2.03.